The molecule has 0 radical (unpaired) electrons. The topological polar surface area (TPSA) is 40.5 Å². The fourth-order valence-electron chi connectivity index (χ4n) is 3.64. The molecule has 0 amide bonds. The number of allylic oxidation sites excluding steroid dienone is 7. The van der Waals surface area contributed by atoms with Crippen LogP contribution in [0.25, 0.3) is 6.08 Å². The van der Waals surface area contributed by atoms with Crippen LogP contribution in [0.4, 0.5) is 0 Å². The molecule has 0 fully saturated rings. The molecule has 2 N–H and O–H groups in total. The van der Waals surface area contributed by atoms with Crippen LogP contribution in [0.15, 0.2) is 49.3 Å². The monoisotopic (exact) mass is 635 g/mol. The van der Waals surface area contributed by atoms with Crippen LogP contribution >= 0.6 is 0 Å². The summed E-state index contributed by atoms with van der Waals surface area (Å²) >= 11 is -3.91. The Morgan fingerprint density at radius 1 is 0.667 bits per heavy atom. The van der Waals surface area contributed by atoms with Gasteiger partial charge in [0, 0.05) is 0 Å². The molecular formula is C29H45O2SeTe+. The SMILES string of the molecule is CC(C)(C)C1=CC(=CC=Cc2cc(C(C)(C)C)[se+]c(C(C)(C)C)c2)C=C(C(C)(C)C)[Te]1(O)O. The molecule has 0 saturated heterocycles. The number of rotatable bonds is 2. The molecule has 0 aliphatic carbocycles. The first-order chi connectivity index (χ1) is 14.6. The third kappa shape index (κ3) is 7.27. The Morgan fingerprint density at radius 2 is 1.06 bits per heavy atom. The van der Waals surface area contributed by atoms with E-state index in [1.54, 1.807) is 0 Å². The van der Waals surface area contributed by atoms with Crippen LogP contribution in [0.3, 0.4) is 0 Å². The summed E-state index contributed by atoms with van der Waals surface area (Å²) in [6.07, 6.45) is 10.4. The Balaban J connectivity index is 2.57. The number of hydrogen-bond donors (Lipinski definition) is 2. The van der Waals surface area contributed by atoms with Gasteiger partial charge in [-0.3, -0.25) is 0 Å². The predicted octanol–water partition coefficient (Wildman–Crippen LogP) is 7.02. The fourth-order valence-corrected chi connectivity index (χ4v) is 13.5. The van der Waals surface area contributed by atoms with Crippen molar-refractivity contribution in [2.45, 2.75) is 93.9 Å². The first kappa shape index (κ1) is 28.8. The van der Waals surface area contributed by atoms with Gasteiger partial charge in [0.1, 0.15) is 0 Å². The van der Waals surface area contributed by atoms with E-state index in [4.69, 9.17) is 0 Å². The molecule has 184 valence electrons. The molecule has 0 bridgehead atoms. The molecule has 0 unspecified atom stereocenters. The Labute approximate surface area is 213 Å². The molecule has 0 aromatic carbocycles. The van der Waals surface area contributed by atoms with Gasteiger partial charge in [0.15, 0.2) is 0 Å². The summed E-state index contributed by atoms with van der Waals surface area (Å²) in [5.74, 6) is 0. The summed E-state index contributed by atoms with van der Waals surface area (Å²) in [6.45, 7) is 26.2. The first-order valence-electron chi connectivity index (χ1n) is 11.7. The minimum atomic E-state index is -4.29. The Morgan fingerprint density at radius 3 is 1.39 bits per heavy atom. The molecule has 2 nitrogen and oxygen atoms in total. The van der Waals surface area contributed by atoms with Crippen molar-refractivity contribution in [3.63, 3.8) is 0 Å². The van der Waals surface area contributed by atoms with E-state index in [2.05, 4.69) is 113 Å². The second-order valence-electron chi connectivity index (χ2n) is 13.2. The van der Waals surface area contributed by atoms with Crippen LogP contribution in [0.2, 0.25) is 0 Å². The Bertz CT molecular complexity index is 943. The van der Waals surface area contributed by atoms with Crippen molar-refractivity contribution in [1.82, 2.24) is 0 Å². The summed E-state index contributed by atoms with van der Waals surface area (Å²) in [5, 5.41) is 0. The molecule has 1 aromatic rings. The van der Waals surface area contributed by atoms with Gasteiger partial charge in [-0.2, -0.15) is 0 Å². The molecule has 0 atom stereocenters. The average molecular weight is 632 g/mol. The van der Waals surface area contributed by atoms with E-state index in [1.807, 2.05) is 12.2 Å². The molecule has 0 saturated carbocycles. The summed E-state index contributed by atoms with van der Waals surface area (Å²) < 4.78 is 27.2. The first-order valence-corrected chi connectivity index (χ1v) is 17.9. The molecule has 33 heavy (non-hydrogen) atoms. The van der Waals surface area contributed by atoms with Crippen molar-refractivity contribution in [3.8, 4) is 0 Å². The second kappa shape index (κ2) is 9.54. The van der Waals surface area contributed by atoms with E-state index < -0.39 is 19.0 Å². The van der Waals surface area contributed by atoms with Gasteiger partial charge < -0.3 is 0 Å². The molecule has 4 heteroatoms. The molecule has 1 aromatic heterocycles. The quantitative estimate of drug-likeness (QED) is 0.345. The molecule has 1 aliphatic heterocycles. The molecule has 0 spiro atoms. The van der Waals surface area contributed by atoms with Gasteiger partial charge in [0.25, 0.3) is 0 Å². The van der Waals surface area contributed by atoms with E-state index >= 15 is 0 Å². The van der Waals surface area contributed by atoms with Crippen molar-refractivity contribution >= 4 is 39.6 Å². The van der Waals surface area contributed by atoms with Crippen LogP contribution in [0, 0.1) is 10.8 Å². The zero-order chi connectivity index (χ0) is 25.6. The molecular weight excluding hydrogens is 587 g/mol. The molecule has 1 aliphatic rings. The molecule has 2 heterocycles. The van der Waals surface area contributed by atoms with Crippen LogP contribution in [0.5, 0.6) is 0 Å². The second-order valence-corrected chi connectivity index (χ2v) is 21.1. The van der Waals surface area contributed by atoms with E-state index in [-0.39, 0.29) is 21.7 Å². The van der Waals surface area contributed by atoms with Crippen LogP contribution < -0.4 is 0 Å². The third-order valence-corrected chi connectivity index (χ3v) is 17.2. The standard InChI is InChI=1S/C29H44O2SeTe/c1-26(2,3)22-16-20(17-23(32-22)27(4,5)6)14-13-15-21-18-24(28(7,8)9)33(30,31)25(19-21)29(10,11)12/h13-19H,1-12H3,(H-,30,31)/p+1. The molecule has 2 rings (SSSR count). The van der Waals surface area contributed by atoms with Crippen LogP contribution in [-0.4, -0.2) is 40.4 Å². The van der Waals surface area contributed by atoms with Gasteiger partial charge in [0.05, 0.1) is 0 Å². The van der Waals surface area contributed by atoms with Crippen molar-refractivity contribution in [1.29, 1.82) is 0 Å². The summed E-state index contributed by atoms with van der Waals surface area (Å²) in [7, 11) is 0. The van der Waals surface area contributed by atoms with Crippen LogP contribution in [-0.2, 0) is 10.8 Å². The average Bonchev–Trinajstić information content (AvgIpc) is 2.58. The van der Waals surface area contributed by atoms with E-state index in [9.17, 15) is 6.94 Å². The van der Waals surface area contributed by atoms with Gasteiger partial charge >= 0.3 is 215 Å². The maximum absolute atomic E-state index is 11.3. The van der Waals surface area contributed by atoms with Gasteiger partial charge in [-0.25, -0.2) is 0 Å². The zero-order valence-corrected chi connectivity index (χ0v) is 26.8. The van der Waals surface area contributed by atoms with Gasteiger partial charge in [-0.05, 0) is 0 Å². The predicted molar refractivity (Wildman–Crippen MR) is 148 cm³/mol. The maximum atomic E-state index is 11.3. The van der Waals surface area contributed by atoms with Crippen molar-refractivity contribution in [2.75, 3.05) is 0 Å². The summed E-state index contributed by atoms with van der Waals surface area (Å²) in [4.78, 5) is 0. The Kier molecular flexibility index (Phi) is 8.31. The van der Waals surface area contributed by atoms with Crippen LogP contribution in [0.1, 0.15) is 97.5 Å². The van der Waals surface area contributed by atoms with E-state index in [0.717, 1.165) is 12.8 Å². The van der Waals surface area contributed by atoms with Crippen molar-refractivity contribution in [3.05, 3.63) is 63.7 Å². The summed E-state index contributed by atoms with van der Waals surface area (Å²) in [5.41, 5.74) is 2.03. The van der Waals surface area contributed by atoms with Crippen molar-refractivity contribution < 1.29 is 6.94 Å². The van der Waals surface area contributed by atoms with Gasteiger partial charge in [-0.15, -0.1) is 0 Å². The zero-order valence-electron chi connectivity index (χ0n) is 22.8. The summed E-state index contributed by atoms with van der Waals surface area (Å²) in [6, 6.07) is 4.72. The fraction of sp³-hybridized carbons (Fsp3) is 0.552. The van der Waals surface area contributed by atoms with Gasteiger partial charge in [0.2, 0.25) is 0 Å². The minimum absolute atomic E-state index is 0.165. The van der Waals surface area contributed by atoms with E-state index in [1.165, 1.54) is 14.4 Å². The Hall–Kier alpha value is -0.461. The third-order valence-electron chi connectivity index (χ3n) is 5.56. The number of hydrogen-bond acceptors (Lipinski definition) is 2. The van der Waals surface area contributed by atoms with Gasteiger partial charge in [-0.1, -0.05) is 0 Å². The normalized spacial score (nSPS) is 18.8. The van der Waals surface area contributed by atoms with E-state index in [0.29, 0.717) is 14.5 Å². The van der Waals surface area contributed by atoms with Crippen molar-refractivity contribution in [2.24, 2.45) is 10.8 Å².